The van der Waals surface area contributed by atoms with Crippen molar-refractivity contribution in [1.29, 1.82) is 0 Å². The zero-order valence-electron chi connectivity index (χ0n) is 12.7. The number of aliphatic hydroxyl groups is 1. The SMILES string of the molecule is Cc1cc(N(CCO)Cc2ccccc2)c(CN)c(C)n1. The molecule has 0 aliphatic heterocycles. The van der Waals surface area contributed by atoms with E-state index in [1.165, 1.54) is 5.56 Å². The smallest absolute Gasteiger partial charge is 0.0606 e. The van der Waals surface area contributed by atoms with Gasteiger partial charge in [0.15, 0.2) is 0 Å². The number of rotatable bonds is 6. The van der Waals surface area contributed by atoms with Crippen molar-refractivity contribution in [3.63, 3.8) is 0 Å². The van der Waals surface area contributed by atoms with Crippen molar-refractivity contribution >= 4 is 5.69 Å². The van der Waals surface area contributed by atoms with Crippen molar-refractivity contribution in [3.8, 4) is 0 Å². The van der Waals surface area contributed by atoms with Crippen LogP contribution in [0.3, 0.4) is 0 Å². The van der Waals surface area contributed by atoms with Crippen LogP contribution in [0, 0.1) is 13.8 Å². The molecule has 112 valence electrons. The zero-order valence-corrected chi connectivity index (χ0v) is 12.7. The van der Waals surface area contributed by atoms with E-state index in [1.54, 1.807) is 0 Å². The Kier molecular flexibility index (Phi) is 5.31. The Labute approximate surface area is 126 Å². The third-order valence-electron chi connectivity index (χ3n) is 3.57. The molecule has 0 fully saturated rings. The fourth-order valence-electron chi connectivity index (χ4n) is 2.58. The van der Waals surface area contributed by atoms with E-state index in [0.717, 1.165) is 29.2 Å². The molecular formula is C17H23N3O. The lowest BCUT2D eigenvalue weighted by molar-refractivity contribution is 0.301. The van der Waals surface area contributed by atoms with Gasteiger partial charge in [-0.05, 0) is 25.5 Å². The average molecular weight is 285 g/mol. The minimum Gasteiger partial charge on any atom is -0.395 e. The Hall–Kier alpha value is -1.91. The molecule has 2 rings (SSSR count). The monoisotopic (exact) mass is 285 g/mol. The lowest BCUT2D eigenvalue weighted by Gasteiger charge is -2.27. The molecule has 0 saturated carbocycles. The Balaban J connectivity index is 2.38. The number of anilines is 1. The lowest BCUT2D eigenvalue weighted by Crippen LogP contribution is -2.28. The Morgan fingerprint density at radius 1 is 1.19 bits per heavy atom. The second-order valence-electron chi connectivity index (χ2n) is 5.18. The molecule has 0 saturated heterocycles. The molecule has 0 aliphatic carbocycles. The van der Waals surface area contributed by atoms with E-state index >= 15 is 0 Å². The second kappa shape index (κ2) is 7.20. The van der Waals surface area contributed by atoms with Gasteiger partial charge < -0.3 is 15.7 Å². The number of nitrogens with zero attached hydrogens (tertiary/aromatic N) is 2. The maximum absolute atomic E-state index is 9.39. The first-order valence-electron chi connectivity index (χ1n) is 7.22. The van der Waals surface area contributed by atoms with E-state index in [-0.39, 0.29) is 6.61 Å². The van der Waals surface area contributed by atoms with Gasteiger partial charge in [-0.3, -0.25) is 4.98 Å². The summed E-state index contributed by atoms with van der Waals surface area (Å²) in [4.78, 5) is 6.65. The molecule has 21 heavy (non-hydrogen) atoms. The largest absolute Gasteiger partial charge is 0.395 e. The van der Waals surface area contributed by atoms with Crippen molar-refractivity contribution in [3.05, 3.63) is 58.9 Å². The number of nitrogens with two attached hydrogens (primary N) is 1. The highest BCUT2D eigenvalue weighted by atomic mass is 16.3. The number of benzene rings is 1. The van der Waals surface area contributed by atoms with Crippen LogP contribution in [0.1, 0.15) is 22.5 Å². The topological polar surface area (TPSA) is 62.4 Å². The average Bonchev–Trinajstić information content (AvgIpc) is 2.47. The number of hydrogen-bond acceptors (Lipinski definition) is 4. The van der Waals surface area contributed by atoms with Crippen LogP contribution in [0.15, 0.2) is 36.4 Å². The van der Waals surface area contributed by atoms with Gasteiger partial charge in [0.05, 0.1) is 6.61 Å². The molecule has 1 aromatic heterocycles. The van der Waals surface area contributed by atoms with Crippen molar-refractivity contribution in [2.45, 2.75) is 26.9 Å². The summed E-state index contributed by atoms with van der Waals surface area (Å²) in [6.07, 6.45) is 0. The summed E-state index contributed by atoms with van der Waals surface area (Å²) in [6, 6.07) is 12.3. The molecular weight excluding hydrogens is 262 g/mol. The second-order valence-corrected chi connectivity index (χ2v) is 5.18. The highest BCUT2D eigenvalue weighted by Crippen LogP contribution is 2.25. The van der Waals surface area contributed by atoms with Gasteiger partial charge in [0.25, 0.3) is 0 Å². The predicted molar refractivity (Wildman–Crippen MR) is 86.2 cm³/mol. The predicted octanol–water partition coefficient (Wildman–Crippen LogP) is 2.16. The molecule has 0 atom stereocenters. The summed E-state index contributed by atoms with van der Waals surface area (Å²) in [6.45, 7) is 5.85. The summed E-state index contributed by atoms with van der Waals surface area (Å²) in [7, 11) is 0. The Morgan fingerprint density at radius 2 is 1.90 bits per heavy atom. The molecule has 0 spiro atoms. The summed E-state index contributed by atoms with van der Waals surface area (Å²) < 4.78 is 0. The van der Waals surface area contributed by atoms with Crippen LogP contribution in [0.25, 0.3) is 0 Å². The number of aryl methyl sites for hydroxylation is 2. The Bertz CT molecular complexity index is 584. The molecule has 2 aromatic rings. The first-order chi connectivity index (χ1) is 10.2. The van der Waals surface area contributed by atoms with Crippen LogP contribution in [0.2, 0.25) is 0 Å². The summed E-state index contributed by atoms with van der Waals surface area (Å²) in [5.74, 6) is 0. The van der Waals surface area contributed by atoms with Gasteiger partial charge in [-0.1, -0.05) is 30.3 Å². The number of hydrogen-bond donors (Lipinski definition) is 2. The maximum Gasteiger partial charge on any atom is 0.0606 e. The summed E-state index contributed by atoms with van der Waals surface area (Å²) in [5.41, 5.74) is 11.2. The molecule has 0 amide bonds. The number of aromatic nitrogens is 1. The molecule has 0 bridgehead atoms. The number of aliphatic hydroxyl groups excluding tert-OH is 1. The summed E-state index contributed by atoms with van der Waals surface area (Å²) in [5, 5.41) is 9.39. The lowest BCUT2D eigenvalue weighted by atomic mass is 10.1. The van der Waals surface area contributed by atoms with Crippen LogP contribution >= 0.6 is 0 Å². The zero-order chi connectivity index (χ0) is 15.2. The first-order valence-corrected chi connectivity index (χ1v) is 7.22. The van der Waals surface area contributed by atoms with E-state index in [2.05, 4.69) is 22.0 Å². The minimum absolute atomic E-state index is 0.108. The van der Waals surface area contributed by atoms with Gasteiger partial charge >= 0.3 is 0 Å². The molecule has 0 aliphatic rings. The molecule has 1 heterocycles. The molecule has 1 aromatic carbocycles. The third kappa shape index (κ3) is 3.80. The molecule has 3 N–H and O–H groups in total. The van der Waals surface area contributed by atoms with Crippen LogP contribution < -0.4 is 10.6 Å². The van der Waals surface area contributed by atoms with Crippen molar-refractivity contribution in [1.82, 2.24) is 4.98 Å². The van der Waals surface area contributed by atoms with E-state index in [1.807, 2.05) is 38.1 Å². The van der Waals surface area contributed by atoms with Crippen LogP contribution in [0.4, 0.5) is 5.69 Å². The van der Waals surface area contributed by atoms with Crippen molar-refractivity contribution < 1.29 is 5.11 Å². The number of pyridine rings is 1. The van der Waals surface area contributed by atoms with Gasteiger partial charge in [-0.2, -0.15) is 0 Å². The highest BCUT2D eigenvalue weighted by Gasteiger charge is 2.14. The van der Waals surface area contributed by atoms with Gasteiger partial charge in [-0.25, -0.2) is 0 Å². The van der Waals surface area contributed by atoms with Crippen LogP contribution in [-0.2, 0) is 13.1 Å². The van der Waals surface area contributed by atoms with Gasteiger partial charge in [0, 0.05) is 42.3 Å². The van der Waals surface area contributed by atoms with E-state index < -0.39 is 0 Å². The molecule has 0 radical (unpaired) electrons. The van der Waals surface area contributed by atoms with Gasteiger partial charge in [-0.15, -0.1) is 0 Å². The minimum atomic E-state index is 0.108. The normalized spacial score (nSPS) is 10.7. The van der Waals surface area contributed by atoms with E-state index in [9.17, 15) is 5.11 Å². The van der Waals surface area contributed by atoms with E-state index in [4.69, 9.17) is 5.73 Å². The molecule has 4 heteroatoms. The van der Waals surface area contributed by atoms with E-state index in [0.29, 0.717) is 13.1 Å². The molecule has 4 nitrogen and oxygen atoms in total. The highest BCUT2D eigenvalue weighted by molar-refractivity contribution is 5.56. The van der Waals surface area contributed by atoms with Gasteiger partial charge in [0.2, 0.25) is 0 Å². The fraction of sp³-hybridized carbons (Fsp3) is 0.353. The third-order valence-corrected chi connectivity index (χ3v) is 3.57. The quantitative estimate of drug-likeness (QED) is 0.854. The Morgan fingerprint density at radius 3 is 2.52 bits per heavy atom. The van der Waals surface area contributed by atoms with Crippen molar-refractivity contribution in [2.24, 2.45) is 5.73 Å². The van der Waals surface area contributed by atoms with Crippen LogP contribution in [0.5, 0.6) is 0 Å². The molecule has 0 unspecified atom stereocenters. The van der Waals surface area contributed by atoms with Crippen LogP contribution in [-0.4, -0.2) is 23.2 Å². The fourth-order valence-corrected chi connectivity index (χ4v) is 2.58. The first kappa shape index (κ1) is 15.5. The van der Waals surface area contributed by atoms with Crippen molar-refractivity contribution in [2.75, 3.05) is 18.1 Å². The standard InChI is InChI=1S/C17H23N3O/c1-13-10-17(16(11-18)14(2)19-13)20(8-9-21)12-15-6-4-3-5-7-15/h3-7,10,21H,8-9,11-12,18H2,1-2H3. The maximum atomic E-state index is 9.39. The summed E-state index contributed by atoms with van der Waals surface area (Å²) >= 11 is 0. The van der Waals surface area contributed by atoms with Gasteiger partial charge in [0.1, 0.15) is 0 Å².